The highest BCUT2D eigenvalue weighted by atomic mass is 32.2. The number of hydrogen-bond acceptors (Lipinski definition) is 7. The molecule has 1 N–H and O–H groups in total. The molecule has 0 fully saturated rings. The third-order valence-electron chi connectivity index (χ3n) is 4.48. The van der Waals surface area contributed by atoms with Crippen LogP contribution in [-0.4, -0.2) is 60.9 Å². The van der Waals surface area contributed by atoms with E-state index in [-0.39, 0.29) is 17.6 Å². The maximum absolute atomic E-state index is 12.4. The number of nitrogens with one attached hydrogen (secondary N) is 1. The largest absolute Gasteiger partial charge is 0.354 e. The van der Waals surface area contributed by atoms with Crippen LogP contribution in [-0.2, 0) is 24.8 Å². The molecule has 0 atom stereocenters. The van der Waals surface area contributed by atoms with Gasteiger partial charge in [0.2, 0.25) is 5.91 Å². The van der Waals surface area contributed by atoms with Crippen LogP contribution in [0.2, 0.25) is 0 Å². The Hall–Kier alpha value is -2.66. The molecule has 0 saturated carbocycles. The lowest BCUT2D eigenvalue weighted by molar-refractivity contribution is -0.113. The maximum atomic E-state index is 12.4. The number of carbonyl (C=O) groups excluding carboxylic acids is 2. The quantitative estimate of drug-likeness (QED) is 0.533. The molecule has 3 aromatic rings. The van der Waals surface area contributed by atoms with Gasteiger partial charge in [0.05, 0.1) is 11.4 Å². The van der Waals surface area contributed by atoms with E-state index in [4.69, 9.17) is 0 Å². The second-order valence-corrected chi connectivity index (χ2v) is 8.84. The van der Waals surface area contributed by atoms with Crippen LogP contribution in [0.3, 0.4) is 0 Å². The summed E-state index contributed by atoms with van der Waals surface area (Å²) in [5.41, 5.74) is 1.76. The first-order chi connectivity index (χ1) is 14.3. The first-order valence-corrected chi connectivity index (χ1v) is 11.2. The Morgan fingerprint density at radius 1 is 1.30 bits per heavy atom. The Bertz CT molecular complexity index is 1050. The lowest BCUT2D eigenvalue weighted by Gasteiger charge is -2.08. The number of thioether (sulfide) groups is 1. The number of hydrogen-bond donors (Lipinski definition) is 1. The predicted molar refractivity (Wildman–Crippen MR) is 118 cm³/mol. The van der Waals surface area contributed by atoms with E-state index in [9.17, 15) is 9.59 Å². The van der Waals surface area contributed by atoms with E-state index in [0.717, 1.165) is 18.1 Å². The summed E-state index contributed by atoms with van der Waals surface area (Å²) in [5.74, 6) is 0.719. The molecule has 0 unspecified atom stereocenters. The zero-order valence-corrected chi connectivity index (χ0v) is 19.3. The Labute approximate surface area is 183 Å². The van der Waals surface area contributed by atoms with Gasteiger partial charge in [-0.1, -0.05) is 23.1 Å². The van der Waals surface area contributed by atoms with Crippen LogP contribution in [0.4, 0.5) is 5.13 Å². The molecule has 2 amide bonds. The molecule has 9 nitrogen and oxygen atoms in total. The smallest absolute Gasteiger partial charge is 0.265 e. The average Bonchev–Trinajstić information content (AvgIpc) is 3.39. The Kier molecular flexibility index (Phi) is 6.93. The van der Waals surface area contributed by atoms with E-state index >= 15 is 0 Å². The topological polar surface area (TPSA) is 97.9 Å². The Balaban J connectivity index is 1.62. The van der Waals surface area contributed by atoms with Crippen LogP contribution in [0.1, 0.15) is 33.8 Å². The summed E-state index contributed by atoms with van der Waals surface area (Å²) in [6.45, 7) is 4.51. The van der Waals surface area contributed by atoms with Gasteiger partial charge in [0, 0.05) is 46.0 Å². The number of rotatable bonds is 8. The third-order valence-corrected chi connectivity index (χ3v) is 6.50. The van der Waals surface area contributed by atoms with Crippen LogP contribution < -0.4 is 5.32 Å². The zero-order valence-electron chi connectivity index (χ0n) is 17.7. The Morgan fingerprint density at radius 3 is 2.70 bits per heavy atom. The zero-order chi connectivity index (χ0) is 21.8. The average molecular weight is 448 g/mol. The van der Waals surface area contributed by atoms with Crippen molar-refractivity contribution in [3.05, 3.63) is 40.4 Å². The van der Waals surface area contributed by atoms with E-state index in [1.165, 1.54) is 28.0 Å². The maximum Gasteiger partial charge on any atom is 0.265 e. The third kappa shape index (κ3) is 4.90. The number of carbonyl (C=O) groups is 2. The number of anilines is 1. The van der Waals surface area contributed by atoms with Crippen molar-refractivity contribution in [1.82, 2.24) is 29.2 Å². The van der Waals surface area contributed by atoms with Gasteiger partial charge in [0.25, 0.3) is 5.91 Å². The molecule has 3 rings (SSSR count). The van der Waals surface area contributed by atoms with Gasteiger partial charge >= 0.3 is 0 Å². The fourth-order valence-electron chi connectivity index (χ4n) is 2.85. The van der Waals surface area contributed by atoms with Crippen molar-refractivity contribution in [3.63, 3.8) is 0 Å². The van der Waals surface area contributed by atoms with Gasteiger partial charge in [-0.3, -0.25) is 9.59 Å². The molecule has 11 heteroatoms. The monoisotopic (exact) mass is 447 g/mol. The molecule has 3 aromatic heterocycles. The standard InChI is InChI=1S/C19H25N7O2S2/c1-6-26-14(10-13-8-7-9-25(13)5)22-23-19(26)29-11-15(27)21-18-20-12(2)16(30-18)17(28)24(3)4/h7-9H,6,10-11H2,1-5H3,(H,20,21,27). The van der Waals surface area contributed by atoms with E-state index in [1.807, 2.05) is 30.8 Å². The highest BCUT2D eigenvalue weighted by Gasteiger charge is 2.19. The van der Waals surface area contributed by atoms with Gasteiger partial charge < -0.3 is 19.4 Å². The normalized spacial score (nSPS) is 11.0. The summed E-state index contributed by atoms with van der Waals surface area (Å²) in [4.78, 5) is 30.8. The molecule has 0 aliphatic rings. The molecule has 0 aromatic carbocycles. The molecule has 0 radical (unpaired) electrons. The van der Waals surface area contributed by atoms with E-state index in [0.29, 0.717) is 27.3 Å². The fourth-order valence-corrected chi connectivity index (χ4v) is 4.68. The van der Waals surface area contributed by atoms with Gasteiger partial charge in [-0.15, -0.1) is 10.2 Å². The number of thiazole rings is 1. The minimum atomic E-state index is -0.202. The Morgan fingerprint density at radius 2 is 2.07 bits per heavy atom. The molecule has 0 aliphatic carbocycles. The molecule has 0 spiro atoms. The van der Waals surface area contributed by atoms with E-state index in [1.54, 1.807) is 21.0 Å². The summed E-state index contributed by atoms with van der Waals surface area (Å²) >= 11 is 2.51. The van der Waals surface area contributed by atoms with Crippen molar-refractivity contribution in [1.29, 1.82) is 0 Å². The minimum absolute atomic E-state index is 0.123. The molecule has 0 saturated heterocycles. The number of amides is 2. The molecule has 30 heavy (non-hydrogen) atoms. The second-order valence-electron chi connectivity index (χ2n) is 6.90. The predicted octanol–water partition coefficient (Wildman–Crippen LogP) is 2.42. The highest BCUT2D eigenvalue weighted by Crippen LogP contribution is 2.24. The van der Waals surface area contributed by atoms with Crippen LogP contribution in [0.25, 0.3) is 0 Å². The summed E-state index contributed by atoms with van der Waals surface area (Å²) in [6, 6.07) is 4.06. The van der Waals surface area contributed by atoms with E-state index in [2.05, 4.69) is 31.1 Å². The van der Waals surface area contributed by atoms with Gasteiger partial charge in [0.15, 0.2) is 10.3 Å². The molecular formula is C19H25N7O2S2. The van der Waals surface area contributed by atoms with Gasteiger partial charge in [-0.05, 0) is 26.0 Å². The van der Waals surface area contributed by atoms with Crippen molar-refractivity contribution < 1.29 is 9.59 Å². The van der Waals surface area contributed by atoms with Crippen LogP contribution in [0.5, 0.6) is 0 Å². The summed E-state index contributed by atoms with van der Waals surface area (Å²) < 4.78 is 4.08. The molecule has 160 valence electrons. The molecule has 3 heterocycles. The summed E-state index contributed by atoms with van der Waals surface area (Å²) in [7, 11) is 5.37. The summed E-state index contributed by atoms with van der Waals surface area (Å²) in [6.07, 6.45) is 2.68. The number of aryl methyl sites for hydroxylation is 2. The van der Waals surface area contributed by atoms with Gasteiger partial charge in [-0.25, -0.2) is 4.98 Å². The van der Waals surface area contributed by atoms with Crippen LogP contribution in [0, 0.1) is 6.92 Å². The fraction of sp³-hybridized carbons (Fsp3) is 0.421. The summed E-state index contributed by atoms with van der Waals surface area (Å²) in [5, 5.41) is 12.5. The van der Waals surface area contributed by atoms with Crippen molar-refractivity contribution >= 4 is 40.0 Å². The highest BCUT2D eigenvalue weighted by molar-refractivity contribution is 7.99. The lowest BCUT2D eigenvalue weighted by atomic mass is 10.3. The molecular weight excluding hydrogens is 422 g/mol. The van der Waals surface area contributed by atoms with Crippen molar-refractivity contribution in [2.45, 2.75) is 32.0 Å². The van der Waals surface area contributed by atoms with Crippen molar-refractivity contribution in [3.8, 4) is 0 Å². The van der Waals surface area contributed by atoms with E-state index < -0.39 is 0 Å². The number of aromatic nitrogens is 5. The van der Waals surface area contributed by atoms with Crippen molar-refractivity contribution in [2.75, 3.05) is 25.2 Å². The van der Waals surface area contributed by atoms with Gasteiger partial charge in [0.1, 0.15) is 10.7 Å². The van der Waals surface area contributed by atoms with Crippen LogP contribution >= 0.6 is 23.1 Å². The lowest BCUT2D eigenvalue weighted by Crippen LogP contribution is -2.21. The SMILES string of the molecule is CCn1c(Cc2cccn2C)nnc1SCC(=O)Nc1nc(C)c(C(=O)N(C)C)s1. The molecule has 0 aliphatic heterocycles. The van der Waals surface area contributed by atoms with Crippen molar-refractivity contribution in [2.24, 2.45) is 7.05 Å². The number of nitrogens with zero attached hydrogens (tertiary/aromatic N) is 6. The first-order valence-electron chi connectivity index (χ1n) is 9.44. The first kappa shape index (κ1) is 22.0. The minimum Gasteiger partial charge on any atom is -0.354 e. The van der Waals surface area contributed by atoms with Crippen LogP contribution in [0.15, 0.2) is 23.5 Å². The second kappa shape index (κ2) is 9.43. The molecule has 0 bridgehead atoms. The van der Waals surface area contributed by atoms with Gasteiger partial charge in [-0.2, -0.15) is 0 Å².